The molecule has 0 bridgehead atoms. The Bertz CT molecular complexity index is 1130. The molecule has 0 amide bonds. The van der Waals surface area contributed by atoms with E-state index in [2.05, 4.69) is 0 Å². The Morgan fingerprint density at radius 1 is 0.906 bits per heavy atom. The van der Waals surface area contributed by atoms with Crippen LogP contribution in [0.3, 0.4) is 0 Å². The van der Waals surface area contributed by atoms with Crippen LogP contribution in [0, 0.1) is 0 Å². The maximum Gasteiger partial charge on any atom is 0.204 e. The van der Waals surface area contributed by atoms with Gasteiger partial charge in [0, 0.05) is 11.6 Å². The Morgan fingerprint density at radius 2 is 1.62 bits per heavy atom. The van der Waals surface area contributed by atoms with Crippen molar-refractivity contribution in [3.8, 4) is 28.7 Å². The molecule has 3 aromatic carbocycles. The predicted molar refractivity (Wildman–Crippen MR) is 121 cm³/mol. The Kier molecular flexibility index (Phi) is 6.31. The zero-order chi connectivity index (χ0) is 22.5. The van der Waals surface area contributed by atoms with E-state index < -0.39 is 0 Å². The first-order chi connectivity index (χ1) is 15.6. The Hall–Kier alpha value is -3.93. The lowest BCUT2D eigenvalue weighted by molar-refractivity contribution is 0.0995. The van der Waals surface area contributed by atoms with Crippen molar-refractivity contribution < 1.29 is 28.5 Å². The third-order valence-corrected chi connectivity index (χ3v) is 5.17. The van der Waals surface area contributed by atoms with Gasteiger partial charge in [0.1, 0.15) is 30.3 Å². The number of ketones is 1. The summed E-state index contributed by atoms with van der Waals surface area (Å²) in [6.07, 6.45) is 1.80. The van der Waals surface area contributed by atoms with Crippen LogP contribution in [-0.2, 0) is 6.61 Å². The number of hydrogen-bond acceptors (Lipinski definition) is 6. The van der Waals surface area contributed by atoms with E-state index >= 15 is 0 Å². The fourth-order valence-electron chi connectivity index (χ4n) is 3.54. The average Bonchev–Trinajstić information content (AvgIpc) is 2.84. The highest BCUT2D eigenvalue weighted by molar-refractivity contribution is 6.16. The number of carbonyl (C=O) groups excluding carboxylic acids is 1. The van der Waals surface area contributed by atoms with E-state index in [1.54, 1.807) is 19.3 Å². The number of hydrogen-bond donors (Lipinski definition) is 0. The van der Waals surface area contributed by atoms with E-state index in [9.17, 15) is 4.79 Å². The summed E-state index contributed by atoms with van der Waals surface area (Å²) in [5.74, 6) is 2.07. The molecule has 0 N–H and O–H groups in total. The lowest BCUT2D eigenvalue weighted by atomic mass is 9.96. The molecule has 0 aliphatic carbocycles. The minimum Gasteiger partial charge on any atom is -0.497 e. The highest BCUT2D eigenvalue weighted by Crippen LogP contribution is 2.47. The van der Waals surface area contributed by atoms with Crippen molar-refractivity contribution in [1.82, 2.24) is 0 Å². The standard InChI is InChI=1S/C26H24O6/c1-28-20-11-9-17(10-12-20)13-19-16-32-21-14-22(31-15-18-7-5-4-6-8-18)25(29-2)26(30-3)23(21)24(19)27/h4-14H,15-16H2,1-3H3/b19-13+. The van der Waals surface area contributed by atoms with Gasteiger partial charge in [-0.3, -0.25) is 4.79 Å². The average molecular weight is 432 g/mol. The second-order valence-corrected chi connectivity index (χ2v) is 7.15. The van der Waals surface area contributed by atoms with Gasteiger partial charge in [0.2, 0.25) is 5.75 Å². The summed E-state index contributed by atoms with van der Waals surface area (Å²) < 4.78 is 28.2. The van der Waals surface area contributed by atoms with Crippen molar-refractivity contribution in [3.63, 3.8) is 0 Å². The van der Waals surface area contributed by atoms with Gasteiger partial charge in [0.15, 0.2) is 17.3 Å². The van der Waals surface area contributed by atoms with Gasteiger partial charge in [-0.2, -0.15) is 0 Å². The Balaban J connectivity index is 1.67. The van der Waals surface area contributed by atoms with Crippen molar-refractivity contribution >= 4 is 11.9 Å². The molecule has 164 valence electrons. The van der Waals surface area contributed by atoms with Gasteiger partial charge in [-0.25, -0.2) is 0 Å². The van der Waals surface area contributed by atoms with Crippen LogP contribution in [0.25, 0.3) is 6.08 Å². The molecular formula is C26H24O6. The lowest BCUT2D eigenvalue weighted by Gasteiger charge is -2.24. The molecule has 0 saturated carbocycles. The highest BCUT2D eigenvalue weighted by Gasteiger charge is 2.32. The van der Waals surface area contributed by atoms with Crippen LogP contribution in [0.2, 0.25) is 0 Å². The van der Waals surface area contributed by atoms with Crippen molar-refractivity contribution in [2.45, 2.75) is 6.61 Å². The zero-order valence-corrected chi connectivity index (χ0v) is 18.2. The normalized spacial score (nSPS) is 13.8. The highest BCUT2D eigenvalue weighted by atomic mass is 16.5. The van der Waals surface area contributed by atoms with E-state index in [0.29, 0.717) is 40.7 Å². The minimum absolute atomic E-state index is 0.144. The van der Waals surface area contributed by atoms with E-state index in [1.165, 1.54) is 14.2 Å². The third-order valence-electron chi connectivity index (χ3n) is 5.17. The fourth-order valence-corrected chi connectivity index (χ4v) is 3.54. The van der Waals surface area contributed by atoms with E-state index in [1.807, 2.05) is 54.6 Å². The molecule has 3 aromatic rings. The van der Waals surface area contributed by atoms with E-state index in [-0.39, 0.29) is 12.4 Å². The summed E-state index contributed by atoms with van der Waals surface area (Å²) in [7, 11) is 4.62. The monoisotopic (exact) mass is 432 g/mol. The van der Waals surface area contributed by atoms with Crippen LogP contribution in [0.5, 0.6) is 28.7 Å². The first kappa shape index (κ1) is 21.3. The summed E-state index contributed by atoms with van der Waals surface area (Å²) in [4.78, 5) is 13.3. The SMILES string of the molecule is COc1ccc(/C=C2\COc3cc(OCc4ccccc4)c(OC)c(OC)c3C2=O)cc1. The summed E-state index contributed by atoms with van der Waals surface area (Å²) in [6.45, 7) is 0.487. The molecule has 6 nitrogen and oxygen atoms in total. The Morgan fingerprint density at radius 3 is 2.28 bits per heavy atom. The molecule has 1 heterocycles. The zero-order valence-electron chi connectivity index (χ0n) is 18.2. The van der Waals surface area contributed by atoms with Crippen molar-refractivity contribution in [2.24, 2.45) is 0 Å². The molecule has 0 radical (unpaired) electrons. The quantitative estimate of drug-likeness (QED) is 0.492. The largest absolute Gasteiger partial charge is 0.497 e. The van der Waals surface area contributed by atoms with Crippen LogP contribution in [0.4, 0.5) is 0 Å². The van der Waals surface area contributed by atoms with Crippen molar-refractivity contribution in [2.75, 3.05) is 27.9 Å². The van der Waals surface area contributed by atoms with Gasteiger partial charge in [-0.15, -0.1) is 0 Å². The van der Waals surface area contributed by atoms with E-state index in [0.717, 1.165) is 16.9 Å². The third kappa shape index (κ3) is 4.25. The first-order valence-corrected chi connectivity index (χ1v) is 10.1. The van der Waals surface area contributed by atoms with Crippen LogP contribution in [-0.4, -0.2) is 33.7 Å². The smallest absolute Gasteiger partial charge is 0.204 e. The maximum atomic E-state index is 13.3. The number of Topliss-reactive ketones (excluding diaryl/α,β-unsaturated/α-hetero) is 1. The molecule has 0 saturated heterocycles. The number of carbonyl (C=O) groups is 1. The molecule has 4 rings (SSSR count). The molecule has 32 heavy (non-hydrogen) atoms. The minimum atomic E-state index is -0.174. The van der Waals surface area contributed by atoms with Crippen LogP contribution >= 0.6 is 0 Å². The fraction of sp³-hybridized carbons (Fsp3) is 0.192. The summed E-state index contributed by atoms with van der Waals surface area (Å²) >= 11 is 0. The molecule has 0 spiro atoms. The second kappa shape index (κ2) is 9.47. The number of methoxy groups -OCH3 is 3. The molecule has 0 fully saturated rings. The van der Waals surface area contributed by atoms with Crippen LogP contribution < -0.4 is 23.7 Å². The van der Waals surface area contributed by atoms with Gasteiger partial charge in [0.25, 0.3) is 0 Å². The molecule has 1 aliphatic heterocycles. The van der Waals surface area contributed by atoms with Crippen molar-refractivity contribution in [3.05, 3.63) is 82.9 Å². The van der Waals surface area contributed by atoms with Gasteiger partial charge in [-0.05, 0) is 29.3 Å². The number of ether oxygens (including phenoxy) is 5. The molecule has 1 aliphatic rings. The van der Waals surface area contributed by atoms with Crippen molar-refractivity contribution in [1.29, 1.82) is 0 Å². The number of benzene rings is 3. The summed E-state index contributed by atoms with van der Waals surface area (Å²) in [6, 6.07) is 18.9. The molecule has 6 heteroatoms. The van der Waals surface area contributed by atoms with Gasteiger partial charge in [0.05, 0.1) is 21.3 Å². The summed E-state index contributed by atoms with van der Waals surface area (Å²) in [5, 5.41) is 0. The first-order valence-electron chi connectivity index (χ1n) is 10.1. The van der Waals surface area contributed by atoms with Gasteiger partial charge >= 0.3 is 0 Å². The second-order valence-electron chi connectivity index (χ2n) is 7.15. The molecule has 0 atom stereocenters. The topological polar surface area (TPSA) is 63.2 Å². The molecular weight excluding hydrogens is 408 g/mol. The maximum absolute atomic E-state index is 13.3. The Labute approximate surface area is 186 Å². The molecule has 0 aromatic heterocycles. The number of fused-ring (bicyclic) bond motifs is 1. The van der Waals surface area contributed by atoms with Crippen LogP contribution in [0.15, 0.2) is 66.2 Å². The lowest BCUT2D eigenvalue weighted by Crippen LogP contribution is -2.20. The predicted octanol–water partition coefficient (Wildman–Crippen LogP) is 4.95. The van der Waals surface area contributed by atoms with Gasteiger partial charge < -0.3 is 23.7 Å². The number of rotatable bonds is 7. The summed E-state index contributed by atoms with van der Waals surface area (Å²) in [5.41, 5.74) is 2.71. The van der Waals surface area contributed by atoms with E-state index in [4.69, 9.17) is 23.7 Å². The van der Waals surface area contributed by atoms with Crippen LogP contribution in [0.1, 0.15) is 21.5 Å². The molecule has 0 unspecified atom stereocenters. The van der Waals surface area contributed by atoms with Gasteiger partial charge in [-0.1, -0.05) is 42.5 Å².